The zero-order chi connectivity index (χ0) is 14.5. The van der Waals surface area contributed by atoms with Gasteiger partial charge in [0.05, 0.1) is 24.7 Å². The van der Waals surface area contributed by atoms with Crippen LogP contribution in [0.1, 0.15) is 22.5 Å². The molecule has 0 spiro atoms. The first-order chi connectivity index (χ1) is 9.60. The van der Waals surface area contributed by atoms with Gasteiger partial charge in [0.25, 0.3) is 5.91 Å². The quantitative estimate of drug-likeness (QED) is 0.934. The van der Waals surface area contributed by atoms with Crippen molar-refractivity contribution < 1.29 is 4.79 Å². The highest BCUT2D eigenvalue weighted by molar-refractivity contribution is 9.10. The molecule has 0 aliphatic heterocycles. The van der Waals surface area contributed by atoms with Crippen LogP contribution in [0.4, 0.5) is 5.82 Å². The molecule has 1 heterocycles. The number of halogens is 1. The molecule has 0 aliphatic rings. The van der Waals surface area contributed by atoms with E-state index in [4.69, 9.17) is 5.26 Å². The van der Waals surface area contributed by atoms with Crippen molar-refractivity contribution in [2.24, 2.45) is 0 Å². The van der Waals surface area contributed by atoms with Crippen molar-refractivity contribution in [3.8, 4) is 6.07 Å². The van der Waals surface area contributed by atoms with Crippen LogP contribution in [0.5, 0.6) is 0 Å². The first kappa shape index (κ1) is 14.3. The van der Waals surface area contributed by atoms with Gasteiger partial charge in [0.1, 0.15) is 5.82 Å². The van der Waals surface area contributed by atoms with Gasteiger partial charge in [0.15, 0.2) is 0 Å². The molecule has 0 unspecified atom stereocenters. The molecule has 0 bridgehead atoms. The van der Waals surface area contributed by atoms with Gasteiger partial charge in [0, 0.05) is 16.1 Å². The van der Waals surface area contributed by atoms with Crippen LogP contribution in [0, 0.1) is 18.3 Å². The molecule has 1 aromatic carbocycles. The molecular formula is C14H13BrN4O. The fourth-order valence-electron chi connectivity index (χ4n) is 1.76. The molecule has 6 heteroatoms. The molecule has 1 N–H and O–H groups in total. The van der Waals surface area contributed by atoms with E-state index in [1.807, 2.05) is 19.1 Å². The van der Waals surface area contributed by atoms with E-state index < -0.39 is 0 Å². The summed E-state index contributed by atoms with van der Waals surface area (Å²) in [5.41, 5.74) is 1.37. The maximum Gasteiger partial charge on any atom is 0.256 e. The summed E-state index contributed by atoms with van der Waals surface area (Å²) in [7, 11) is 0. The van der Waals surface area contributed by atoms with E-state index in [1.54, 1.807) is 22.9 Å². The van der Waals surface area contributed by atoms with E-state index >= 15 is 0 Å². The van der Waals surface area contributed by atoms with Crippen LogP contribution in [0.3, 0.4) is 0 Å². The predicted molar refractivity (Wildman–Crippen MR) is 79.3 cm³/mol. The first-order valence-corrected chi connectivity index (χ1v) is 6.88. The number of nitriles is 1. The van der Waals surface area contributed by atoms with Gasteiger partial charge in [-0.2, -0.15) is 10.4 Å². The van der Waals surface area contributed by atoms with Gasteiger partial charge in [-0.25, -0.2) is 4.68 Å². The molecule has 20 heavy (non-hydrogen) atoms. The van der Waals surface area contributed by atoms with Crippen LogP contribution >= 0.6 is 15.9 Å². The molecule has 102 valence electrons. The van der Waals surface area contributed by atoms with Crippen LogP contribution in [0.2, 0.25) is 0 Å². The van der Waals surface area contributed by atoms with Gasteiger partial charge in [-0.1, -0.05) is 15.9 Å². The van der Waals surface area contributed by atoms with E-state index in [2.05, 4.69) is 32.4 Å². The van der Waals surface area contributed by atoms with Gasteiger partial charge < -0.3 is 5.32 Å². The lowest BCUT2D eigenvalue weighted by molar-refractivity contribution is 0.102. The Hall–Kier alpha value is -2.13. The van der Waals surface area contributed by atoms with Crippen molar-refractivity contribution in [3.05, 3.63) is 46.1 Å². The van der Waals surface area contributed by atoms with Crippen LogP contribution in [-0.4, -0.2) is 15.7 Å². The second-order valence-electron chi connectivity index (χ2n) is 4.26. The summed E-state index contributed by atoms with van der Waals surface area (Å²) in [6.07, 6.45) is 0.349. The van der Waals surface area contributed by atoms with E-state index in [-0.39, 0.29) is 5.91 Å². The summed E-state index contributed by atoms with van der Waals surface area (Å²) < 4.78 is 2.55. The largest absolute Gasteiger partial charge is 0.307 e. The van der Waals surface area contributed by atoms with Gasteiger partial charge >= 0.3 is 0 Å². The third kappa shape index (κ3) is 3.45. The average Bonchev–Trinajstić information content (AvgIpc) is 2.77. The Balaban J connectivity index is 2.15. The number of carbonyl (C=O) groups excluding carboxylic acids is 1. The average molecular weight is 333 g/mol. The molecule has 1 aromatic heterocycles. The van der Waals surface area contributed by atoms with Gasteiger partial charge in [0.2, 0.25) is 0 Å². The van der Waals surface area contributed by atoms with Crippen LogP contribution < -0.4 is 5.32 Å². The molecule has 0 radical (unpaired) electrons. The Morgan fingerprint density at radius 1 is 1.45 bits per heavy atom. The Morgan fingerprint density at radius 3 is 2.80 bits per heavy atom. The van der Waals surface area contributed by atoms with E-state index in [0.717, 1.165) is 10.2 Å². The Morgan fingerprint density at radius 2 is 2.15 bits per heavy atom. The lowest BCUT2D eigenvalue weighted by Gasteiger charge is -2.07. The van der Waals surface area contributed by atoms with Gasteiger partial charge in [-0.3, -0.25) is 4.79 Å². The summed E-state index contributed by atoms with van der Waals surface area (Å²) in [5, 5.41) is 15.7. The second-order valence-corrected chi connectivity index (χ2v) is 5.18. The Labute approximate surface area is 125 Å². The van der Waals surface area contributed by atoms with E-state index in [1.165, 1.54) is 0 Å². The number of hydrogen-bond acceptors (Lipinski definition) is 3. The summed E-state index contributed by atoms with van der Waals surface area (Å²) in [5.74, 6) is 0.404. The zero-order valence-corrected chi connectivity index (χ0v) is 12.5. The fraction of sp³-hybridized carbons (Fsp3) is 0.214. The molecule has 0 fully saturated rings. The summed E-state index contributed by atoms with van der Waals surface area (Å²) in [4.78, 5) is 12.1. The highest BCUT2D eigenvalue weighted by atomic mass is 79.9. The highest BCUT2D eigenvalue weighted by Crippen LogP contribution is 2.14. The zero-order valence-electron chi connectivity index (χ0n) is 10.9. The highest BCUT2D eigenvalue weighted by Gasteiger charge is 2.10. The van der Waals surface area contributed by atoms with Crippen molar-refractivity contribution in [2.45, 2.75) is 19.9 Å². The number of carbonyl (C=O) groups is 1. The van der Waals surface area contributed by atoms with Crippen molar-refractivity contribution in [2.75, 3.05) is 5.32 Å². The number of anilines is 1. The molecule has 0 saturated carbocycles. The lowest BCUT2D eigenvalue weighted by Crippen LogP contribution is -2.15. The number of aromatic nitrogens is 2. The maximum absolute atomic E-state index is 12.1. The summed E-state index contributed by atoms with van der Waals surface area (Å²) >= 11 is 3.33. The number of aryl methyl sites for hydroxylation is 2. The van der Waals surface area contributed by atoms with E-state index in [0.29, 0.717) is 24.3 Å². The molecular weight excluding hydrogens is 320 g/mol. The lowest BCUT2D eigenvalue weighted by atomic mass is 10.2. The first-order valence-electron chi connectivity index (χ1n) is 6.08. The smallest absolute Gasteiger partial charge is 0.256 e. The molecule has 1 amide bonds. The Kier molecular flexibility index (Phi) is 4.53. The molecule has 0 atom stereocenters. The predicted octanol–water partition coefficient (Wildman–Crippen LogP) is 3.12. The van der Waals surface area contributed by atoms with Crippen molar-refractivity contribution in [3.63, 3.8) is 0 Å². The van der Waals surface area contributed by atoms with Crippen molar-refractivity contribution in [1.82, 2.24) is 9.78 Å². The van der Waals surface area contributed by atoms with E-state index in [9.17, 15) is 4.79 Å². The molecule has 5 nitrogen and oxygen atoms in total. The number of nitrogens with one attached hydrogen (secondary N) is 1. The topological polar surface area (TPSA) is 70.7 Å². The summed E-state index contributed by atoms with van der Waals surface area (Å²) in [6.45, 7) is 2.30. The minimum Gasteiger partial charge on any atom is -0.307 e. The molecule has 2 aromatic rings. The number of rotatable bonds is 4. The number of benzene rings is 1. The number of amides is 1. The van der Waals surface area contributed by atoms with Crippen LogP contribution in [-0.2, 0) is 6.54 Å². The minimum atomic E-state index is -0.199. The van der Waals surface area contributed by atoms with Crippen molar-refractivity contribution in [1.29, 1.82) is 5.26 Å². The van der Waals surface area contributed by atoms with Crippen LogP contribution in [0.15, 0.2) is 34.8 Å². The third-order valence-electron chi connectivity index (χ3n) is 2.69. The van der Waals surface area contributed by atoms with Gasteiger partial charge in [-0.15, -0.1) is 0 Å². The number of nitrogens with zero attached hydrogens (tertiary/aromatic N) is 3. The third-order valence-corrected chi connectivity index (χ3v) is 3.21. The van der Waals surface area contributed by atoms with Crippen molar-refractivity contribution >= 4 is 27.7 Å². The van der Waals surface area contributed by atoms with Crippen LogP contribution in [0.25, 0.3) is 0 Å². The maximum atomic E-state index is 12.1. The monoisotopic (exact) mass is 332 g/mol. The molecule has 0 aliphatic carbocycles. The summed E-state index contributed by atoms with van der Waals surface area (Å²) in [6, 6.07) is 11.0. The normalized spacial score (nSPS) is 10.1. The molecule has 0 saturated heterocycles. The fourth-order valence-corrected chi connectivity index (χ4v) is 2.03. The SMILES string of the molecule is Cc1cc(NC(=O)c2ccc(Br)cc2)n(CCC#N)n1. The number of hydrogen-bond donors (Lipinski definition) is 1. The van der Waals surface area contributed by atoms with Gasteiger partial charge in [-0.05, 0) is 31.2 Å². The molecule has 2 rings (SSSR count). The Bertz CT molecular complexity index is 655. The second kappa shape index (κ2) is 6.35. The minimum absolute atomic E-state index is 0.199. The standard InChI is InChI=1S/C14H13BrN4O/c1-10-9-13(19(18-10)8-2-7-16)17-14(20)11-3-5-12(15)6-4-11/h3-6,9H,2,8H2,1H3,(H,17,20).